The average Bonchev–Trinajstić information content (AvgIpc) is 3.20. The molecule has 0 bridgehead atoms. The third-order valence-corrected chi connectivity index (χ3v) is 5.00. The van der Waals surface area contributed by atoms with Crippen LogP contribution in [0.2, 0.25) is 0 Å². The lowest BCUT2D eigenvalue weighted by Crippen LogP contribution is -2.44. The van der Waals surface area contributed by atoms with Crippen molar-refractivity contribution in [2.75, 3.05) is 19.7 Å². The number of nitrogens with zero attached hydrogens (tertiary/aromatic N) is 7. The fraction of sp³-hybridized carbons (Fsp3) is 0.350. The number of imidazole rings is 1. The predicted molar refractivity (Wildman–Crippen MR) is 106 cm³/mol. The maximum atomic E-state index is 9.83. The zero-order chi connectivity index (χ0) is 20.2. The highest BCUT2D eigenvalue weighted by atomic mass is 16.3. The molecule has 3 aromatic rings. The molecule has 4 rings (SSSR count). The number of aromatic nitrogens is 4. The van der Waals surface area contributed by atoms with Gasteiger partial charge in [0.05, 0.1) is 18.4 Å². The molecular weight excluding hydrogens is 370 g/mol. The number of pyridine rings is 1. The van der Waals surface area contributed by atoms with Crippen LogP contribution in [0.25, 0.3) is 17.2 Å². The molecule has 0 saturated carbocycles. The van der Waals surface area contributed by atoms with Crippen molar-refractivity contribution in [3.63, 3.8) is 0 Å². The number of nitriles is 1. The summed E-state index contributed by atoms with van der Waals surface area (Å²) in [6.45, 7) is 1.14. The van der Waals surface area contributed by atoms with E-state index in [-0.39, 0.29) is 12.5 Å². The SMILES string of the molecule is N#Cc1ccc2ncc(-c3nccc(N=CC4CCCN(C(O)CO)C4)n3)n2c1. The Labute approximate surface area is 167 Å². The number of aliphatic imine (C=N–C) groups is 1. The number of aliphatic hydroxyl groups excluding tert-OH is 2. The molecule has 2 unspecified atom stereocenters. The lowest BCUT2D eigenvalue weighted by atomic mass is 9.99. The second-order valence-electron chi connectivity index (χ2n) is 6.98. The molecule has 9 heteroatoms. The molecule has 4 heterocycles. The Morgan fingerprint density at radius 3 is 3.07 bits per heavy atom. The summed E-state index contributed by atoms with van der Waals surface area (Å²) in [5.74, 6) is 1.18. The smallest absolute Gasteiger partial charge is 0.180 e. The van der Waals surface area contributed by atoms with Gasteiger partial charge in [0, 0.05) is 43.7 Å². The van der Waals surface area contributed by atoms with Gasteiger partial charge in [0.1, 0.15) is 23.6 Å². The van der Waals surface area contributed by atoms with Crippen LogP contribution in [0.5, 0.6) is 0 Å². The van der Waals surface area contributed by atoms with Crippen LogP contribution in [0.3, 0.4) is 0 Å². The van der Waals surface area contributed by atoms with Crippen LogP contribution in [0.15, 0.2) is 41.8 Å². The van der Waals surface area contributed by atoms with Gasteiger partial charge in [-0.1, -0.05) is 0 Å². The summed E-state index contributed by atoms with van der Waals surface area (Å²) in [5, 5.41) is 28.1. The second kappa shape index (κ2) is 8.45. The Bertz CT molecular complexity index is 1070. The van der Waals surface area contributed by atoms with Crippen LogP contribution in [0, 0.1) is 17.2 Å². The molecule has 1 fully saturated rings. The van der Waals surface area contributed by atoms with E-state index in [0.29, 0.717) is 35.1 Å². The highest BCUT2D eigenvalue weighted by molar-refractivity contribution is 5.66. The minimum Gasteiger partial charge on any atom is -0.392 e. The normalized spacial score (nSPS) is 18.9. The third-order valence-electron chi connectivity index (χ3n) is 5.00. The van der Waals surface area contributed by atoms with Crippen molar-refractivity contribution in [1.29, 1.82) is 5.26 Å². The van der Waals surface area contributed by atoms with Crippen LogP contribution >= 0.6 is 0 Å². The third kappa shape index (κ3) is 4.14. The van der Waals surface area contributed by atoms with Crippen LogP contribution in [-0.2, 0) is 0 Å². The van der Waals surface area contributed by atoms with Gasteiger partial charge >= 0.3 is 0 Å². The first-order valence-electron chi connectivity index (χ1n) is 9.45. The molecule has 148 valence electrons. The molecule has 1 aliphatic heterocycles. The largest absolute Gasteiger partial charge is 0.392 e. The van der Waals surface area contributed by atoms with Gasteiger partial charge in [-0.2, -0.15) is 5.26 Å². The zero-order valence-corrected chi connectivity index (χ0v) is 15.8. The van der Waals surface area contributed by atoms with Gasteiger partial charge in [-0.05, 0) is 25.0 Å². The number of hydrogen-bond acceptors (Lipinski definition) is 8. The van der Waals surface area contributed by atoms with Crippen LogP contribution in [-0.4, -0.2) is 66.6 Å². The highest BCUT2D eigenvalue weighted by Gasteiger charge is 2.23. The number of piperidine rings is 1. The molecule has 0 radical (unpaired) electrons. The molecule has 29 heavy (non-hydrogen) atoms. The number of fused-ring (bicyclic) bond motifs is 1. The summed E-state index contributed by atoms with van der Waals surface area (Å²) >= 11 is 0. The first-order valence-corrected chi connectivity index (χ1v) is 9.45. The molecule has 0 aromatic carbocycles. The van der Waals surface area contributed by atoms with E-state index in [1.165, 1.54) is 0 Å². The van der Waals surface area contributed by atoms with Crippen LogP contribution in [0.1, 0.15) is 18.4 Å². The fourth-order valence-corrected chi connectivity index (χ4v) is 3.49. The molecular formula is C20H21N7O2. The number of rotatable bonds is 5. The van der Waals surface area contributed by atoms with Crippen molar-refractivity contribution < 1.29 is 10.2 Å². The van der Waals surface area contributed by atoms with Crippen molar-refractivity contribution in [3.05, 3.63) is 42.4 Å². The predicted octanol–water partition coefficient (Wildman–Crippen LogP) is 1.39. The summed E-state index contributed by atoms with van der Waals surface area (Å²) in [7, 11) is 0. The molecule has 0 spiro atoms. The van der Waals surface area contributed by atoms with Crippen molar-refractivity contribution in [3.8, 4) is 17.6 Å². The zero-order valence-electron chi connectivity index (χ0n) is 15.8. The first-order chi connectivity index (χ1) is 14.2. The monoisotopic (exact) mass is 391 g/mol. The van der Waals surface area contributed by atoms with E-state index in [0.717, 1.165) is 19.4 Å². The highest BCUT2D eigenvalue weighted by Crippen LogP contribution is 2.21. The van der Waals surface area contributed by atoms with E-state index in [9.17, 15) is 5.11 Å². The van der Waals surface area contributed by atoms with Crippen LogP contribution < -0.4 is 0 Å². The van der Waals surface area contributed by atoms with E-state index in [4.69, 9.17) is 10.4 Å². The maximum Gasteiger partial charge on any atom is 0.180 e. The van der Waals surface area contributed by atoms with E-state index < -0.39 is 6.23 Å². The molecule has 3 aromatic heterocycles. The van der Waals surface area contributed by atoms with Gasteiger partial charge in [0.2, 0.25) is 0 Å². The lowest BCUT2D eigenvalue weighted by molar-refractivity contribution is -0.0476. The van der Waals surface area contributed by atoms with Crippen molar-refractivity contribution >= 4 is 17.7 Å². The molecule has 1 saturated heterocycles. The number of likely N-dealkylation sites (tertiary alicyclic amines) is 1. The maximum absolute atomic E-state index is 9.83. The quantitative estimate of drug-likeness (QED) is 0.630. The summed E-state index contributed by atoms with van der Waals surface area (Å²) in [4.78, 5) is 19.6. The lowest BCUT2D eigenvalue weighted by Gasteiger charge is -2.33. The van der Waals surface area contributed by atoms with E-state index >= 15 is 0 Å². The minimum atomic E-state index is -0.828. The van der Waals surface area contributed by atoms with Gasteiger partial charge < -0.3 is 10.2 Å². The molecule has 1 aliphatic rings. The van der Waals surface area contributed by atoms with Gasteiger partial charge in [-0.3, -0.25) is 9.30 Å². The molecule has 2 atom stereocenters. The Morgan fingerprint density at radius 1 is 1.34 bits per heavy atom. The first kappa shape index (κ1) is 19.1. The number of hydrogen-bond donors (Lipinski definition) is 2. The summed E-state index contributed by atoms with van der Waals surface area (Å²) in [5.41, 5.74) is 1.92. The minimum absolute atomic E-state index is 0.178. The molecule has 0 amide bonds. The second-order valence-corrected chi connectivity index (χ2v) is 6.98. The topological polar surface area (TPSA) is 123 Å². The average molecular weight is 391 g/mol. The standard InChI is InChI=1S/C20H21N7O2/c21-8-14-3-4-18-24-10-16(27(18)12-14)20-22-6-5-17(25-20)23-9-15-2-1-7-26(11-15)19(29)13-28/h3-6,9-10,12,15,19,28-29H,1-2,7,11,13H2. The van der Waals surface area contributed by atoms with Gasteiger partial charge in [-0.25, -0.2) is 19.9 Å². The van der Waals surface area contributed by atoms with Gasteiger partial charge in [0.15, 0.2) is 11.6 Å². The van der Waals surface area contributed by atoms with Crippen molar-refractivity contribution in [2.24, 2.45) is 10.9 Å². The Kier molecular flexibility index (Phi) is 5.57. The molecule has 0 aliphatic carbocycles. The molecule has 9 nitrogen and oxygen atoms in total. The van der Waals surface area contributed by atoms with Crippen molar-refractivity contribution in [1.82, 2.24) is 24.3 Å². The van der Waals surface area contributed by atoms with Crippen molar-refractivity contribution in [2.45, 2.75) is 19.1 Å². The number of aliphatic hydroxyl groups is 2. The Morgan fingerprint density at radius 2 is 2.24 bits per heavy atom. The van der Waals surface area contributed by atoms with Gasteiger partial charge in [0.25, 0.3) is 0 Å². The Balaban J connectivity index is 1.55. The molecule has 2 N–H and O–H groups in total. The van der Waals surface area contributed by atoms with E-state index in [1.54, 1.807) is 41.2 Å². The summed E-state index contributed by atoms with van der Waals surface area (Å²) in [6, 6.07) is 7.34. The van der Waals surface area contributed by atoms with E-state index in [1.807, 2.05) is 11.1 Å². The Hall–Kier alpha value is -3.19. The van der Waals surface area contributed by atoms with Crippen LogP contribution in [0.4, 0.5) is 5.82 Å². The summed E-state index contributed by atoms with van der Waals surface area (Å²) < 4.78 is 1.79. The summed E-state index contributed by atoms with van der Waals surface area (Å²) in [6.07, 6.45) is 7.96. The van der Waals surface area contributed by atoms with Gasteiger partial charge in [-0.15, -0.1) is 0 Å². The fourth-order valence-electron chi connectivity index (χ4n) is 3.49. The van der Waals surface area contributed by atoms with E-state index in [2.05, 4.69) is 26.0 Å².